The van der Waals surface area contributed by atoms with E-state index in [2.05, 4.69) is 14.7 Å². The maximum Gasteiger partial charge on any atom is 0.211 e. The number of nitrogens with one attached hydrogen (secondary N) is 1. The summed E-state index contributed by atoms with van der Waals surface area (Å²) in [6, 6.07) is 5.56. The smallest absolute Gasteiger partial charge is 0.211 e. The fraction of sp³-hybridized carbons (Fsp3) is 0.385. The van der Waals surface area contributed by atoms with Crippen LogP contribution in [0, 0.1) is 0 Å². The zero-order chi connectivity index (χ0) is 13.7. The van der Waals surface area contributed by atoms with Crippen LogP contribution in [0.2, 0.25) is 0 Å². The molecule has 2 aromatic rings. The summed E-state index contributed by atoms with van der Waals surface area (Å²) < 4.78 is 26.0. The molecule has 0 saturated carbocycles. The highest BCUT2D eigenvalue weighted by molar-refractivity contribution is 7.89. The third-order valence-electron chi connectivity index (χ3n) is 2.80. The first-order chi connectivity index (χ1) is 9.11. The molecule has 0 radical (unpaired) electrons. The minimum absolute atomic E-state index is 0.177. The quantitative estimate of drug-likeness (QED) is 0.876. The molecule has 5 nitrogen and oxygen atoms in total. The molecule has 0 bridgehead atoms. The lowest BCUT2D eigenvalue weighted by Crippen LogP contribution is -2.25. The summed E-state index contributed by atoms with van der Waals surface area (Å²) in [4.78, 5) is 8.37. The summed E-state index contributed by atoms with van der Waals surface area (Å²) in [5.74, 6) is 0.177. The topological polar surface area (TPSA) is 72.0 Å². The second kappa shape index (κ2) is 6.08. The van der Waals surface area contributed by atoms with Crippen molar-refractivity contribution in [3.8, 4) is 0 Å². The molecule has 2 rings (SSSR count). The summed E-state index contributed by atoms with van der Waals surface area (Å²) in [7, 11) is -3.18. The average Bonchev–Trinajstić information content (AvgIpc) is 2.43. The van der Waals surface area contributed by atoms with Crippen molar-refractivity contribution in [2.75, 3.05) is 5.75 Å². The van der Waals surface area contributed by atoms with Gasteiger partial charge in [0.2, 0.25) is 10.0 Å². The lowest BCUT2D eigenvalue weighted by molar-refractivity contribution is 0.578. The first-order valence-corrected chi connectivity index (χ1v) is 7.93. The Morgan fingerprint density at radius 1 is 1.16 bits per heavy atom. The van der Waals surface area contributed by atoms with Gasteiger partial charge in [-0.25, -0.2) is 13.1 Å². The van der Waals surface area contributed by atoms with E-state index >= 15 is 0 Å². The molecule has 0 aliphatic heterocycles. The predicted molar refractivity (Wildman–Crippen MR) is 75.1 cm³/mol. The van der Waals surface area contributed by atoms with E-state index < -0.39 is 10.0 Å². The van der Waals surface area contributed by atoms with Crippen LogP contribution in [-0.2, 0) is 16.6 Å². The number of aromatic nitrogens is 2. The lowest BCUT2D eigenvalue weighted by Gasteiger charge is -2.06. The Kier molecular flexibility index (Phi) is 4.44. The number of unbranched alkanes of at least 4 members (excludes halogenated alkanes) is 1. The number of sulfonamides is 1. The third-order valence-corrected chi connectivity index (χ3v) is 4.21. The highest BCUT2D eigenvalue weighted by atomic mass is 32.2. The summed E-state index contributed by atoms with van der Waals surface area (Å²) in [6.07, 6.45) is 4.80. The average molecular weight is 279 g/mol. The van der Waals surface area contributed by atoms with E-state index in [4.69, 9.17) is 0 Å². The van der Waals surface area contributed by atoms with Crippen molar-refractivity contribution in [2.24, 2.45) is 0 Å². The SMILES string of the molecule is CCCCS(=O)(=O)NCc1ccc2nccnc2c1. The summed E-state index contributed by atoms with van der Waals surface area (Å²) >= 11 is 0. The first kappa shape index (κ1) is 13.9. The number of hydrogen-bond donors (Lipinski definition) is 1. The molecular weight excluding hydrogens is 262 g/mol. The highest BCUT2D eigenvalue weighted by Crippen LogP contribution is 2.11. The van der Waals surface area contributed by atoms with Gasteiger partial charge in [0.25, 0.3) is 0 Å². The van der Waals surface area contributed by atoms with Gasteiger partial charge in [-0.1, -0.05) is 19.4 Å². The second-order valence-electron chi connectivity index (χ2n) is 4.37. The van der Waals surface area contributed by atoms with Crippen molar-refractivity contribution < 1.29 is 8.42 Å². The largest absolute Gasteiger partial charge is 0.253 e. The van der Waals surface area contributed by atoms with Gasteiger partial charge < -0.3 is 0 Å². The molecule has 0 fully saturated rings. The molecule has 1 aromatic heterocycles. The zero-order valence-electron chi connectivity index (χ0n) is 10.8. The summed E-state index contributed by atoms with van der Waals surface area (Å²) in [5, 5.41) is 0. The fourth-order valence-electron chi connectivity index (χ4n) is 1.72. The lowest BCUT2D eigenvalue weighted by atomic mass is 10.2. The molecule has 6 heteroatoms. The van der Waals surface area contributed by atoms with Gasteiger partial charge >= 0.3 is 0 Å². The van der Waals surface area contributed by atoms with Crippen molar-refractivity contribution in [3.63, 3.8) is 0 Å². The Balaban J connectivity index is 2.05. The van der Waals surface area contributed by atoms with Crippen molar-refractivity contribution >= 4 is 21.1 Å². The highest BCUT2D eigenvalue weighted by Gasteiger charge is 2.09. The van der Waals surface area contributed by atoms with Gasteiger partial charge in [0, 0.05) is 18.9 Å². The Hall–Kier alpha value is -1.53. The molecule has 1 aromatic carbocycles. The van der Waals surface area contributed by atoms with Crippen molar-refractivity contribution in [3.05, 3.63) is 36.2 Å². The van der Waals surface area contributed by atoms with Gasteiger partial charge in [0.1, 0.15) is 0 Å². The van der Waals surface area contributed by atoms with Crippen LogP contribution < -0.4 is 4.72 Å². The number of rotatable bonds is 6. The minimum Gasteiger partial charge on any atom is -0.253 e. The summed E-state index contributed by atoms with van der Waals surface area (Å²) in [5.41, 5.74) is 2.46. The number of nitrogens with zero attached hydrogens (tertiary/aromatic N) is 2. The van der Waals surface area contributed by atoms with Crippen LogP contribution in [0.1, 0.15) is 25.3 Å². The van der Waals surface area contributed by atoms with Gasteiger partial charge in [-0.2, -0.15) is 0 Å². The minimum atomic E-state index is -3.18. The molecule has 19 heavy (non-hydrogen) atoms. The van der Waals surface area contributed by atoms with E-state index in [1.54, 1.807) is 12.4 Å². The van der Waals surface area contributed by atoms with Crippen LogP contribution in [-0.4, -0.2) is 24.1 Å². The molecule has 1 N–H and O–H groups in total. The molecule has 0 amide bonds. The molecule has 0 atom stereocenters. The molecule has 0 saturated heterocycles. The monoisotopic (exact) mass is 279 g/mol. The van der Waals surface area contributed by atoms with Gasteiger partial charge in [0.05, 0.1) is 16.8 Å². The third kappa shape index (κ3) is 3.97. The van der Waals surface area contributed by atoms with E-state index in [0.29, 0.717) is 13.0 Å². The molecule has 0 unspecified atom stereocenters. The van der Waals surface area contributed by atoms with Gasteiger partial charge in [0.15, 0.2) is 0 Å². The standard InChI is InChI=1S/C13H17N3O2S/c1-2-3-8-19(17,18)16-10-11-4-5-12-13(9-11)15-7-6-14-12/h4-7,9,16H,2-3,8,10H2,1H3. The Bertz CT molecular complexity index is 656. The van der Waals surface area contributed by atoms with Crippen molar-refractivity contribution in [1.29, 1.82) is 0 Å². The van der Waals surface area contributed by atoms with E-state index in [-0.39, 0.29) is 5.75 Å². The summed E-state index contributed by atoms with van der Waals surface area (Å²) in [6.45, 7) is 2.26. The van der Waals surface area contributed by atoms with Gasteiger partial charge in [-0.3, -0.25) is 9.97 Å². The van der Waals surface area contributed by atoms with Crippen LogP contribution >= 0.6 is 0 Å². The Morgan fingerprint density at radius 2 is 1.89 bits per heavy atom. The molecule has 0 aliphatic carbocycles. The molecule has 1 heterocycles. The molecule has 0 aliphatic rings. The van der Waals surface area contributed by atoms with Crippen molar-refractivity contribution in [1.82, 2.24) is 14.7 Å². The molecule has 0 spiro atoms. The van der Waals surface area contributed by atoms with Crippen molar-refractivity contribution in [2.45, 2.75) is 26.3 Å². The zero-order valence-corrected chi connectivity index (χ0v) is 11.7. The maximum absolute atomic E-state index is 11.7. The predicted octanol–water partition coefficient (Wildman–Crippen LogP) is 1.85. The van der Waals surface area contributed by atoms with Crippen LogP contribution in [0.25, 0.3) is 11.0 Å². The number of benzene rings is 1. The normalized spacial score (nSPS) is 11.8. The second-order valence-corrected chi connectivity index (χ2v) is 6.30. The fourth-order valence-corrected chi connectivity index (χ4v) is 2.92. The number of hydrogen-bond acceptors (Lipinski definition) is 4. The molecular formula is C13H17N3O2S. The Morgan fingerprint density at radius 3 is 2.63 bits per heavy atom. The number of fused-ring (bicyclic) bond motifs is 1. The van der Waals surface area contributed by atoms with E-state index in [9.17, 15) is 8.42 Å². The van der Waals surface area contributed by atoms with Crippen LogP contribution in [0.4, 0.5) is 0 Å². The first-order valence-electron chi connectivity index (χ1n) is 6.28. The maximum atomic E-state index is 11.7. The van der Waals surface area contributed by atoms with Crippen LogP contribution in [0.5, 0.6) is 0 Å². The van der Waals surface area contributed by atoms with Crippen LogP contribution in [0.3, 0.4) is 0 Å². The van der Waals surface area contributed by atoms with E-state index in [1.807, 2.05) is 25.1 Å². The van der Waals surface area contributed by atoms with E-state index in [0.717, 1.165) is 23.0 Å². The van der Waals surface area contributed by atoms with Crippen LogP contribution in [0.15, 0.2) is 30.6 Å². The van der Waals surface area contributed by atoms with E-state index in [1.165, 1.54) is 0 Å². The molecule has 102 valence electrons. The van der Waals surface area contributed by atoms with Gasteiger partial charge in [-0.05, 0) is 24.1 Å². The Labute approximate surface area is 113 Å². The van der Waals surface area contributed by atoms with Gasteiger partial charge in [-0.15, -0.1) is 0 Å².